The maximum atomic E-state index is 5.57. The summed E-state index contributed by atoms with van der Waals surface area (Å²) in [5.74, 6) is 0. The van der Waals surface area contributed by atoms with Crippen LogP contribution in [0.3, 0.4) is 0 Å². The molecule has 7 heteroatoms. The largest absolute Gasteiger partial charge is 0.378 e. The topological polar surface area (TPSA) is 58.6 Å². The Bertz CT molecular complexity index is 631. The molecule has 0 atom stereocenters. The summed E-state index contributed by atoms with van der Waals surface area (Å²) in [6.07, 6.45) is 0.900. The van der Waals surface area contributed by atoms with E-state index in [2.05, 4.69) is 52.1 Å². The van der Waals surface area contributed by atoms with E-state index < -0.39 is 0 Å². The third kappa shape index (κ3) is 4.13. The van der Waals surface area contributed by atoms with Crippen molar-refractivity contribution in [2.45, 2.75) is 6.42 Å². The van der Waals surface area contributed by atoms with E-state index in [9.17, 15) is 0 Å². The molecule has 1 radical (unpaired) electrons. The summed E-state index contributed by atoms with van der Waals surface area (Å²) in [7, 11) is 4.06. The highest BCUT2D eigenvalue weighted by molar-refractivity contribution is 5.85. The van der Waals surface area contributed by atoms with Crippen LogP contribution >= 0.6 is 24.8 Å². The highest BCUT2D eigenvalue weighted by atomic mass is 35.5. The quantitative estimate of drug-likeness (QED) is 0.885. The van der Waals surface area contributed by atoms with Gasteiger partial charge in [-0.3, -0.25) is 5.43 Å². The van der Waals surface area contributed by atoms with Crippen LogP contribution in [-0.4, -0.2) is 20.6 Å². The first kappa shape index (κ1) is 19.2. The fourth-order valence-electron chi connectivity index (χ4n) is 2.32. The van der Waals surface area contributed by atoms with Crippen LogP contribution in [0.2, 0.25) is 0 Å². The summed E-state index contributed by atoms with van der Waals surface area (Å²) in [4.78, 5) is 2.08. The Labute approximate surface area is 149 Å². The Hall–Kier alpha value is -1.82. The Morgan fingerprint density at radius 1 is 1.09 bits per heavy atom. The van der Waals surface area contributed by atoms with Crippen molar-refractivity contribution >= 4 is 47.6 Å². The van der Waals surface area contributed by atoms with Gasteiger partial charge in [0, 0.05) is 19.8 Å². The van der Waals surface area contributed by atoms with Gasteiger partial charge in [0.25, 0.3) is 0 Å². The third-order valence-electron chi connectivity index (χ3n) is 3.54. The minimum atomic E-state index is 0. The zero-order valence-electron chi connectivity index (χ0n) is 13.2. The summed E-state index contributed by atoms with van der Waals surface area (Å²) in [6.45, 7) is 0.671. The number of nitrogens with two attached hydrogens (primary N) is 1. The molecule has 0 aliphatic carbocycles. The maximum absolute atomic E-state index is 5.57. The van der Waals surface area contributed by atoms with Crippen molar-refractivity contribution in [1.29, 1.82) is 0 Å². The third-order valence-corrected chi connectivity index (χ3v) is 3.54. The number of hydrogen-bond acceptors (Lipinski definition) is 4. The van der Waals surface area contributed by atoms with Crippen LogP contribution in [0.15, 0.2) is 42.5 Å². The molecule has 1 heterocycles. The van der Waals surface area contributed by atoms with Crippen LogP contribution in [0.4, 0.5) is 22.7 Å². The molecular weight excluding hydrogens is 333 g/mol. The number of anilines is 3. The first-order valence-electron chi connectivity index (χ1n) is 7.06. The molecule has 0 bridgehead atoms. The lowest BCUT2D eigenvalue weighted by Crippen LogP contribution is -2.28. The lowest BCUT2D eigenvalue weighted by Gasteiger charge is -2.16. The molecule has 0 saturated carbocycles. The molecule has 2 aromatic rings. The number of hydrazine groups is 1. The molecule has 23 heavy (non-hydrogen) atoms. The van der Waals surface area contributed by atoms with Gasteiger partial charge in [-0.2, -0.15) is 10.5 Å². The SMILES string of the molecule is CN(C)c1ccc2c(c1)NN(c1ccc(CCN)cc1)[N]2.Cl.Cl. The predicted molar refractivity (Wildman–Crippen MR) is 102 cm³/mol. The second-order valence-electron chi connectivity index (χ2n) is 5.32. The number of nitrogens with zero attached hydrogens (tertiary/aromatic N) is 3. The first-order valence-corrected chi connectivity index (χ1v) is 7.06. The number of rotatable bonds is 4. The summed E-state index contributed by atoms with van der Waals surface area (Å²) in [5.41, 5.74) is 18.8. The second-order valence-corrected chi connectivity index (χ2v) is 5.32. The van der Waals surface area contributed by atoms with Crippen LogP contribution in [0.1, 0.15) is 5.56 Å². The van der Waals surface area contributed by atoms with Gasteiger partial charge in [-0.15, -0.1) is 24.8 Å². The summed E-state index contributed by atoms with van der Waals surface area (Å²) in [6, 6.07) is 14.5. The predicted octanol–water partition coefficient (Wildman–Crippen LogP) is 3.10. The van der Waals surface area contributed by atoms with Crippen molar-refractivity contribution in [2.75, 3.05) is 36.1 Å². The Kier molecular flexibility index (Phi) is 6.81. The number of nitrogens with one attached hydrogen (secondary N) is 1. The smallest absolute Gasteiger partial charge is 0.111 e. The minimum Gasteiger partial charge on any atom is -0.378 e. The van der Waals surface area contributed by atoms with Crippen LogP contribution in [0.5, 0.6) is 0 Å². The maximum Gasteiger partial charge on any atom is 0.111 e. The number of hydrogen-bond donors (Lipinski definition) is 2. The number of benzene rings is 2. The van der Waals surface area contributed by atoms with E-state index in [1.54, 1.807) is 5.12 Å². The molecule has 0 amide bonds. The van der Waals surface area contributed by atoms with E-state index in [0.717, 1.165) is 29.2 Å². The molecular formula is C16H22Cl2N5. The molecule has 0 aromatic heterocycles. The number of halogens is 2. The lowest BCUT2D eigenvalue weighted by atomic mass is 10.1. The molecule has 125 valence electrons. The normalized spacial score (nSPS) is 11.5. The van der Waals surface area contributed by atoms with Crippen LogP contribution in [-0.2, 0) is 6.42 Å². The van der Waals surface area contributed by atoms with Crippen molar-refractivity contribution in [2.24, 2.45) is 5.73 Å². The van der Waals surface area contributed by atoms with E-state index in [0.29, 0.717) is 6.54 Å². The van der Waals surface area contributed by atoms with E-state index >= 15 is 0 Å². The van der Waals surface area contributed by atoms with Gasteiger partial charge in [-0.1, -0.05) is 12.1 Å². The van der Waals surface area contributed by atoms with Gasteiger partial charge in [-0.25, -0.2) is 0 Å². The average molecular weight is 355 g/mol. The van der Waals surface area contributed by atoms with Crippen LogP contribution in [0.25, 0.3) is 0 Å². The molecule has 3 rings (SSSR count). The molecule has 0 spiro atoms. The molecule has 5 nitrogen and oxygen atoms in total. The molecule has 0 fully saturated rings. The molecule has 0 unspecified atom stereocenters. The van der Waals surface area contributed by atoms with Crippen molar-refractivity contribution in [1.82, 2.24) is 5.43 Å². The van der Waals surface area contributed by atoms with Crippen molar-refractivity contribution in [3.05, 3.63) is 48.0 Å². The summed E-state index contributed by atoms with van der Waals surface area (Å²) >= 11 is 0. The van der Waals surface area contributed by atoms with Gasteiger partial charge in [0.1, 0.15) is 5.69 Å². The Morgan fingerprint density at radius 3 is 2.39 bits per heavy atom. The zero-order valence-corrected chi connectivity index (χ0v) is 14.8. The molecule has 1 aliphatic rings. The molecule has 0 saturated heterocycles. The van der Waals surface area contributed by atoms with Gasteiger partial charge < -0.3 is 10.6 Å². The summed E-state index contributed by atoms with van der Waals surface area (Å²) < 4.78 is 0. The highest BCUT2D eigenvalue weighted by Gasteiger charge is 2.20. The van der Waals surface area contributed by atoms with Gasteiger partial charge in [0.2, 0.25) is 0 Å². The summed E-state index contributed by atoms with van der Waals surface area (Å²) in [5, 5.41) is 1.80. The lowest BCUT2D eigenvalue weighted by molar-refractivity contribution is 0.865. The van der Waals surface area contributed by atoms with E-state index in [1.807, 2.05) is 20.2 Å². The van der Waals surface area contributed by atoms with E-state index in [4.69, 9.17) is 5.73 Å². The van der Waals surface area contributed by atoms with Crippen molar-refractivity contribution in [3.63, 3.8) is 0 Å². The highest BCUT2D eigenvalue weighted by Crippen LogP contribution is 2.34. The minimum absolute atomic E-state index is 0. The number of fused-ring (bicyclic) bond motifs is 1. The molecule has 2 aromatic carbocycles. The van der Waals surface area contributed by atoms with E-state index in [-0.39, 0.29) is 24.8 Å². The van der Waals surface area contributed by atoms with Crippen molar-refractivity contribution in [3.8, 4) is 0 Å². The fraction of sp³-hybridized carbons (Fsp3) is 0.250. The van der Waals surface area contributed by atoms with Gasteiger partial charge in [0.15, 0.2) is 0 Å². The zero-order chi connectivity index (χ0) is 14.8. The Morgan fingerprint density at radius 2 is 1.78 bits per heavy atom. The second kappa shape index (κ2) is 8.15. The standard InChI is InChI=1S/C16H20N5.2ClH/c1-20(2)14-7-8-15-16(11-14)19-21(18-15)13-5-3-12(4-6-13)9-10-17;;/h3-8,11,19H,9-10,17H2,1-2H3;2*1H. The van der Waals surface area contributed by atoms with Gasteiger partial charge in [0.05, 0.1) is 11.4 Å². The monoisotopic (exact) mass is 354 g/mol. The van der Waals surface area contributed by atoms with E-state index in [1.165, 1.54) is 5.56 Å². The van der Waals surface area contributed by atoms with Crippen LogP contribution in [0, 0.1) is 0 Å². The van der Waals surface area contributed by atoms with Crippen LogP contribution < -0.4 is 26.6 Å². The van der Waals surface area contributed by atoms with Gasteiger partial charge >= 0.3 is 0 Å². The average Bonchev–Trinajstić information content (AvgIpc) is 2.91. The molecule has 3 N–H and O–H groups in total. The first-order chi connectivity index (χ1) is 10.2. The Balaban J connectivity index is 0.00000132. The van der Waals surface area contributed by atoms with Crippen molar-refractivity contribution < 1.29 is 0 Å². The molecule has 1 aliphatic heterocycles. The van der Waals surface area contributed by atoms with Gasteiger partial charge in [-0.05, 0) is 48.9 Å². The fourth-order valence-corrected chi connectivity index (χ4v) is 2.32.